The van der Waals surface area contributed by atoms with E-state index >= 15 is 0 Å². The van der Waals surface area contributed by atoms with Gasteiger partial charge in [0.05, 0.1) is 23.9 Å². The molecular weight excluding hydrogens is 262 g/mol. The summed E-state index contributed by atoms with van der Waals surface area (Å²) in [5, 5.41) is 0. The second kappa shape index (κ2) is 4.48. The van der Waals surface area contributed by atoms with Crippen LogP contribution in [0.1, 0.15) is 21.5 Å². The van der Waals surface area contributed by atoms with Gasteiger partial charge in [0.1, 0.15) is 0 Å². The highest BCUT2D eigenvalue weighted by molar-refractivity contribution is 6.02. The third-order valence-corrected chi connectivity index (χ3v) is 4.25. The van der Waals surface area contributed by atoms with Crippen LogP contribution < -0.4 is 0 Å². The van der Waals surface area contributed by atoms with Crippen LogP contribution in [0.4, 0.5) is 0 Å². The Morgan fingerprint density at radius 3 is 2.76 bits per heavy atom. The first-order valence-corrected chi connectivity index (χ1v) is 7.10. The summed E-state index contributed by atoms with van der Waals surface area (Å²) in [5.74, 6) is -0.251. The molecule has 21 heavy (non-hydrogen) atoms. The van der Waals surface area contributed by atoms with Gasteiger partial charge in [-0.15, -0.1) is 0 Å². The number of hydrogen-bond donors (Lipinski definition) is 0. The number of aromatic nitrogens is 1. The number of methoxy groups -OCH3 is 1. The molecule has 3 heteroatoms. The van der Waals surface area contributed by atoms with Crippen molar-refractivity contribution in [2.24, 2.45) is 0 Å². The zero-order valence-electron chi connectivity index (χ0n) is 11.8. The van der Waals surface area contributed by atoms with Crippen LogP contribution in [0, 0.1) is 0 Å². The quantitative estimate of drug-likeness (QED) is 0.637. The van der Waals surface area contributed by atoms with Crippen molar-refractivity contribution in [3.05, 3.63) is 65.4 Å². The fourth-order valence-electron chi connectivity index (χ4n) is 3.35. The number of carbonyl (C=O) groups excluding carboxylic acids is 1. The van der Waals surface area contributed by atoms with Gasteiger partial charge < -0.3 is 9.14 Å². The number of hydrogen-bond acceptors (Lipinski definition) is 2. The van der Waals surface area contributed by atoms with Crippen molar-refractivity contribution in [1.82, 2.24) is 4.40 Å². The first-order valence-electron chi connectivity index (χ1n) is 7.10. The van der Waals surface area contributed by atoms with Gasteiger partial charge in [-0.1, -0.05) is 30.3 Å². The Bertz CT molecular complexity index is 861. The summed E-state index contributed by atoms with van der Waals surface area (Å²) in [4.78, 5) is 12.2. The predicted molar refractivity (Wildman–Crippen MR) is 81.6 cm³/mol. The Hall–Kier alpha value is -2.55. The Balaban J connectivity index is 2.14. The molecule has 104 valence electrons. The molecule has 1 aliphatic carbocycles. The summed E-state index contributed by atoms with van der Waals surface area (Å²) in [6, 6.07) is 14.3. The maximum Gasteiger partial charge on any atom is 0.340 e. The maximum absolute atomic E-state index is 12.2. The van der Waals surface area contributed by atoms with Gasteiger partial charge in [0.2, 0.25) is 0 Å². The molecule has 0 unspecified atom stereocenters. The van der Waals surface area contributed by atoms with Crippen LogP contribution in [-0.4, -0.2) is 17.5 Å². The third-order valence-electron chi connectivity index (χ3n) is 4.25. The summed E-state index contributed by atoms with van der Waals surface area (Å²) in [6.45, 7) is 0. The highest BCUT2D eigenvalue weighted by Crippen LogP contribution is 2.38. The van der Waals surface area contributed by atoms with Crippen LogP contribution >= 0.6 is 0 Å². The molecule has 0 aliphatic heterocycles. The Labute approximate surface area is 122 Å². The molecule has 2 heterocycles. The molecule has 3 aromatic rings. The molecule has 0 saturated heterocycles. The SMILES string of the molecule is COC(=O)c1c2c(n3ccccc13)-c1ccccc1CC2. The molecule has 3 nitrogen and oxygen atoms in total. The number of benzene rings is 1. The van der Waals surface area contributed by atoms with Crippen LogP contribution in [0.3, 0.4) is 0 Å². The Kier molecular flexibility index (Phi) is 2.61. The van der Waals surface area contributed by atoms with Crippen molar-refractivity contribution in [3.8, 4) is 11.3 Å². The summed E-state index contributed by atoms with van der Waals surface area (Å²) in [5.41, 5.74) is 6.42. The molecule has 0 bridgehead atoms. The van der Waals surface area contributed by atoms with Gasteiger partial charge in [0, 0.05) is 11.8 Å². The smallest absolute Gasteiger partial charge is 0.340 e. The van der Waals surface area contributed by atoms with Gasteiger partial charge >= 0.3 is 5.97 Å². The largest absolute Gasteiger partial charge is 0.465 e. The number of nitrogens with zero attached hydrogens (tertiary/aromatic N) is 1. The van der Waals surface area contributed by atoms with Gasteiger partial charge in [0.25, 0.3) is 0 Å². The molecule has 2 aromatic heterocycles. The first kappa shape index (κ1) is 12.2. The van der Waals surface area contributed by atoms with E-state index in [1.165, 1.54) is 18.2 Å². The predicted octanol–water partition coefficient (Wildman–Crippen LogP) is 3.49. The van der Waals surface area contributed by atoms with E-state index in [-0.39, 0.29) is 5.97 Å². The number of pyridine rings is 1. The van der Waals surface area contributed by atoms with Gasteiger partial charge in [-0.25, -0.2) is 4.79 Å². The lowest BCUT2D eigenvalue weighted by atomic mass is 9.88. The summed E-state index contributed by atoms with van der Waals surface area (Å²) in [7, 11) is 1.44. The molecule has 1 aromatic carbocycles. The average Bonchev–Trinajstić information content (AvgIpc) is 2.89. The Morgan fingerprint density at radius 1 is 1.10 bits per heavy atom. The zero-order chi connectivity index (χ0) is 14.4. The van der Waals surface area contributed by atoms with Gasteiger partial charge in [-0.3, -0.25) is 0 Å². The number of aryl methyl sites for hydroxylation is 1. The minimum Gasteiger partial charge on any atom is -0.465 e. The molecule has 0 saturated carbocycles. The normalized spacial score (nSPS) is 12.8. The average molecular weight is 277 g/mol. The fraction of sp³-hybridized carbons (Fsp3) is 0.167. The van der Waals surface area contributed by atoms with Crippen molar-refractivity contribution >= 4 is 11.5 Å². The number of ether oxygens (including phenoxy) is 1. The van der Waals surface area contributed by atoms with E-state index in [1.807, 2.05) is 30.5 Å². The van der Waals surface area contributed by atoms with Crippen LogP contribution in [0.25, 0.3) is 16.8 Å². The summed E-state index contributed by atoms with van der Waals surface area (Å²) < 4.78 is 7.12. The lowest BCUT2D eigenvalue weighted by Gasteiger charge is -2.17. The van der Waals surface area contributed by atoms with Crippen molar-refractivity contribution in [1.29, 1.82) is 0 Å². The molecule has 0 N–H and O–H groups in total. The Morgan fingerprint density at radius 2 is 1.90 bits per heavy atom. The second-order valence-corrected chi connectivity index (χ2v) is 5.31. The molecule has 0 atom stereocenters. The zero-order valence-corrected chi connectivity index (χ0v) is 11.8. The van der Waals surface area contributed by atoms with Crippen LogP contribution in [-0.2, 0) is 17.6 Å². The van der Waals surface area contributed by atoms with E-state index < -0.39 is 0 Å². The highest BCUT2D eigenvalue weighted by atomic mass is 16.5. The first-order chi connectivity index (χ1) is 10.3. The van der Waals surface area contributed by atoms with Gasteiger partial charge in [-0.2, -0.15) is 0 Å². The third kappa shape index (κ3) is 1.64. The van der Waals surface area contributed by atoms with E-state index in [2.05, 4.69) is 22.6 Å². The van der Waals surface area contributed by atoms with E-state index in [1.54, 1.807) is 0 Å². The topological polar surface area (TPSA) is 30.7 Å². The summed E-state index contributed by atoms with van der Waals surface area (Å²) in [6.07, 6.45) is 3.85. The number of esters is 1. The van der Waals surface area contributed by atoms with E-state index in [0.29, 0.717) is 5.56 Å². The second-order valence-electron chi connectivity index (χ2n) is 5.31. The van der Waals surface area contributed by atoms with Crippen LogP contribution in [0.5, 0.6) is 0 Å². The monoisotopic (exact) mass is 277 g/mol. The standard InChI is InChI=1S/C18H15NO2/c1-21-18(20)16-14-10-9-12-6-2-3-7-13(12)17(14)19-11-5-4-8-15(16)19/h2-8,11H,9-10H2,1H3. The number of fused-ring (bicyclic) bond motifs is 5. The van der Waals surface area contributed by atoms with Gasteiger partial charge in [0.15, 0.2) is 0 Å². The van der Waals surface area contributed by atoms with Crippen molar-refractivity contribution in [2.45, 2.75) is 12.8 Å². The maximum atomic E-state index is 12.2. The minimum absolute atomic E-state index is 0.251. The van der Waals surface area contributed by atoms with Crippen LogP contribution in [0.2, 0.25) is 0 Å². The fourth-order valence-corrected chi connectivity index (χ4v) is 3.35. The molecule has 0 radical (unpaired) electrons. The lowest BCUT2D eigenvalue weighted by molar-refractivity contribution is 0.0602. The lowest BCUT2D eigenvalue weighted by Crippen LogP contribution is -2.08. The highest BCUT2D eigenvalue weighted by Gasteiger charge is 2.27. The molecular formula is C18H15NO2. The minimum atomic E-state index is -0.251. The van der Waals surface area contributed by atoms with Crippen LogP contribution in [0.15, 0.2) is 48.7 Å². The van der Waals surface area contributed by atoms with E-state index in [9.17, 15) is 4.79 Å². The van der Waals surface area contributed by atoms with Crippen molar-refractivity contribution < 1.29 is 9.53 Å². The molecule has 0 fully saturated rings. The summed E-state index contributed by atoms with van der Waals surface area (Å²) >= 11 is 0. The van der Waals surface area contributed by atoms with Crippen molar-refractivity contribution in [3.63, 3.8) is 0 Å². The van der Waals surface area contributed by atoms with E-state index in [4.69, 9.17) is 4.74 Å². The van der Waals surface area contributed by atoms with Crippen molar-refractivity contribution in [2.75, 3.05) is 7.11 Å². The molecule has 0 spiro atoms. The number of carbonyl (C=O) groups is 1. The molecule has 4 rings (SSSR count). The molecule has 0 amide bonds. The van der Waals surface area contributed by atoms with E-state index in [0.717, 1.165) is 29.6 Å². The molecule has 1 aliphatic rings. The van der Waals surface area contributed by atoms with Gasteiger partial charge in [-0.05, 0) is 36.1 Å². The number of rotatable bonds is 1.